The molecular weight excluding hydrogens is 250 g/mol. The molecule has 1 aromatic heterocycles. The summed E-state index contributed by atoms with van der Waals surface area (Å²) < 4.78 is 5.52. The number of aromatic nitrogens is 1. The summed E-state index contributed by atoms with van der Waals surface area (Å²) in [5.41, 5.74) is 1.32. The van der Waals surface area contributed by atoms with Crippen molar-refractivity contribution in [1.82, 2.24) is 4.98 Å². The minimum atomic E-state index is 0.408. The summed E-state index contributed by atoms with van der Waals surface area (Å²) >= 11 is 0. The lowest BCUT2D eigenvalue weighted by Gasteiger charge is -2.37. The number of nitrogens with zero attached hydrogens (tertiary/aromatic N) is 3. The molecule has 3 heterocycles. The Hall–Kier alpha value is -1.29. The maximum atomic E-state index is 5.52. The summed E-state index contributed by atoms with van der Waals surface area (Å²) in [6.07, 6.45) is 5.91. The third-order valence-corrected chi connectivity index (χ3v) is 4.53. The number of anilines is 2. The van der Waals surface area contributed by atoms with E-state index in [-0.39, 0.29) is 0 Å². The maximum absolute atomic E-state index is 5.52. The smallest absolute Gasteiger partial charge is 0.130 e. The Balaban J connectivity index is 1.81. The van der Waals surface area contributed by atoms with Crippen LogP contribution in [0, 0.1) is 0 Å². The van der Waals surface area contributed by atoms with Crippen molar-refractivity contribution in [2.24, 2.45) is 0 Å². The SMILES string of the molecule is C[C@@H]1CCCCN1c1ccnc(N2CCOC[C@@H]2C)c1. The lowest BCUT2D eigenvalue weighted by molar-refractivity contribution is 0.0985. The number of hydrogen-bond acceptors (Lipinski definition) is 4. The molecule has 0 amide bonds. The molecular formula is C16H25N3O. The Labute approximate surface area is 121 Å². The van der Waals surface area contributed by atoms with Crippen molar-refractivity contribution in [1.29, 1.82) is 0 Å². The highest BCUT2D eigenvalue weighted by Gasteiger charge is 2.23. The molecule has 110 valence electrons. The quantitative estimate of drug-likeness (QED) is 0.829. The summed E-state index contributed by atoms with van der Waals surface area (Å²) in [7, 11) is 0. The monoisotopic (exact) mass is 275 g/mol. The van der Waals surface area contributed by atoms with E-state index in [9.17, 15) is 0 Å². The van der Waals surface area contributed by atoms with Gasteiger partial charge in [-0.2, -0.15) is 0 Å². The van der Waals surface area contributed by atoms with Gasteiger partial charge in [0.25, 0.3) is 0 Å². The van der Waals surface area contributed by atoms with Crippen molar-refractivity contribution in [3.63, 3.8) is 0 Å². The molecule has 2 saturated heterocycles. The van der Waals surface area contributed by atoms with E-state index < -0.39 is 0 Å². The van der Waals surface area contributed by atoms with E-state index >= 15 is 0 Å². The van der Waals surface area contributed by atoms with Gasteiger partial charge >= 0.3 is 0 Å². The predicted molar refractivity (Wildman–Crippen MR) is 82.5 cm³/mol. The second-order valence-corrected chi connectivity index (χ2v) is 6.03. The number of morpholine rings is 1. The standard InChI is InChI=1S/C16H25N3O/c1-13-5-3-4-8-18(13)15-6-7-17-16(11-15)19-9-10-20-12-14(19)2/h6-7,11,13-14H,3-5,8-10,12H2,1-2H3/t13-,14+/m1/s1. The lowest BCUT2D eigenvalue weighted by atomic mass is 10.0. The molecule has 2 aliphatic heterocycles. The molecule has 0 spiro atoms. The molecule has 0 radical (unpaired) electrons. The van der Waals surface area contributed by atoms with Crippen LogP contribution in [-0.2, 0) is 4.74 Å². The van der Waals surface area contributed by atoms with Gasteiger partial charge in [0.2, 0.25) is 0 Å². The third-order valence-electron chi connectivity index (χ3n) is 4.53. The molecule has 20 heavy (non-hydrogen) atoms. The van der Waals surface area contributed by atoms with Gasteiger partial charge in [-0.3, -0.25) is 0 Å². The van der Waals surface area contributed by atoms with Crippen LogP contribution >= 0.6 is 0 Å². The largest absolute Gasteiger partial charge is 0.377 e. The van der Waals surface area contributed by atoms with Gasteiger partial charge in [0.15, 0.2) is 0 Å². The zero-order valence-electron chi connectivity index (χ0n) is 12.6. The minimum absolute atomic E-state index is 0.408. The first-order chi connectivity index (χ1) is 9.75. The number of rotatable bonds is 2. The average molecular weight is 275 g/mol. The van der Waals surface area contributed by atoms with E-state index in [1.165, 1.54) is 31.5 Å². The van der Waals surface area contributed by atoms with Crippen LogP contribution in [0.1, 0.15) is 33.1 Å². The zero-order chi connectivity index (χ0) is 13.9. The fourth-order valence-corrected chi connectivity index (χ4v) is 3.29. The number of piperidine rings is 1. The Morgan fingerprint density at radius 2 is 2.05 bits per heavy atom. The van der Waals surface area contributed by atoms with Gasteiger partial charge < -0.3 is 14.5 Å². The molecule has 1 aromatic rings. The highest BCUT2D eigenvalue weighted by molar-refractivity contribution is 5.56. The number of hydrogen-bond donors (Lipinski definition) is 0. The first-order valence-electron chi connectivity index (χ1n) is 7.83. The van der Waals surface area contributed by atoms with Crippen LogP contribution in [-0.4, -0.2) is 43.4 Å². The first kappa shape index (κ1) is 13.7. The fourth-order valence-electron chi connectivity index (χ4n) is 3.29. The van der Waals surface area contributed by atoms with Gasteiger partial charge in [0.05, 0.1) is 19.3 Å². The van der Waals surface area contributed by atoms with Crippen LogP contribution in [0.3, 0.4) is 0 Å². The molecule has 2 aliphatic rings. The highest BCUT2D eigenvalue weighted by atomic mass is 16.5. The van der Waals surface area contributed by atoms with Crippen LogP contribution < -0.4 is 9.80 Å². The van der Waals surface area contributed by atoms with Gasteiger partial charge in [-0.1, -0.05) is 0 Å². The number of pyridine rings is 1. The molecule has 2 atom stereocenters. The van der Waals surface area contributed by atoms with Gasteiger partial charge in [-0.05, 0) is 39.2 Å². The number of ether oxygens (including phenoxy) is 1. The van der Waals surface area contributed by atoms with Crippen molar-refractivity contribution >= 4 is 11.5 Å². The van der Waals surface area contributed by atoms with Gasteiger partial charge in [0, 0.05) is 37.1 Å². The second kappa shape index (κ2) is 6.00. The molecule has 4 heteroatoms. The van der Waals surface area contributed by atoms with Crippen molar-refractivity contribution in [2.75, 3.05) is 36.1 Å². The lowest BCUT2D eigenvalue weighted by Crippen LogP contribution is -2.44. The van der Waals surface area contributed by atoms with E-state index in [2.05, 4.69) is 40.8 Å². The van der Waals surface area contributed by atoms with Crippen LogP contribution in [0.5, 0.6) is 0 Å². The Morgan fingerprint density at radius 1 is 1.15 bits per heavy atom. The highest BCUT2D eigenvalue weighted by Crippen LogP contribution is 2.27. The van der Waals surface area contributed by atoms with Gasteiger partial charge in [-0.15, -0.1) is 0 Å². The Kier molecular flexibility index (Phi) is 4.10. The summed E-state index contributed by atoms with van der Waals surface area (Å²) in [5.74, 6) is 1.09. The molecule has 0 aromatic carbocycles. The summed E-state index contributed by atoms with van der Waals surface area (Å²) in [6.45, 7) is 8.24. The predicted octanol–water partition coefficient (Wildman–Crippen LogP) is 2.69. The molecule has 2 fully saturated rings. The maximum Gasteiger partial charge on any atom is 0.130 e. The molecule has 0 unspecified atom stereocenters. The van der Waals surface area contributed by atoms with Gasteiger partial charge in [0.1, 0.15) is 5.82 Å². The van der Waals surface area contributed by atoms with Crippen molar-refractivity contribution in [3.05, 3.63) is 18.3 Å². The molecule has 0 bridgehead atoms. The summed E-state index contributed by atoms with van der Waals surface area (Å²) in [6, 6.07) is 5.45. The van der Waals surface area contributed by atoms with E-state index in [1.54, 1.807) is 0 Å². The minimum Gasteiger partial charge on any atom is -0.377 e. The van der Waals surface area contributed by atoms with Crippen molar-refractivity contribution < 1.29 is 4.74 Å². The Morgan fingerprint density at radius 3 is 2.85 bits per heavy atom. The van der Waals surface area contributed by atoms with Crippen molar-refractivity contribution in [2.45, 2.75) is 45.2 Å². The molecule has 4 nitrogen and oxygen atoms in total. The van der Waals surface area contributed by atoms with Crippen LogP contribution in [0.2, 0.25) is 0 Å². The molecule has 0 aliphatic carbocycles. The second-order valence-electron chi connectivity index (χ2n) is 6.03. The van der Waals surface area contributed by atoms with Crippen LogP contribution in [0.25, 0.3) is 0 Å². The third kappa shape index (κ3) is 2.75. The first-order valence-corrected chi connectivity index (χ1v) is 7.83. The molecule has 3 rings (SSSR count). The van der Waals surface area contributed by atoms with E-state index in [0.717, 1.165) is 25.6 Å². The van der Waals surface area contributed by atoms with E-state index in [0.29, 0.717) is 12.1 Å². The zero-order valence-corrected chi connectivity index (χ0v) is 12.6. The van der Waals surface area contributed by atoms with Crippen LogP contribution in [0.15, 0.2) is 18.3 Å². The van der Waals surface area contributed by atoms with Gasteiger partial charge in [-0.25, -0.2) is 4.98 Å². The normalized spacial score (nSPS) is 27.7. The van der Waals surface area contributed by atoms with E-state index in [1.807, 2.05) is 6.20 Å². The molecule has 0 saturated carbocycles. The topological polar surface area (TPSA) is 28.6 Å². The average Bonchev–Trinajstić information content (AvgIpc) is 2.48. The molecule has 0 N–H and O–H groups in total. The Bertz CT molecular complexity index is 414. The van der Waals surface area contributed by atoms with Crippen molar-refractivity contribution in [3.8, 4) is 0 Å². The fraction of sp³-hybridized carbons (Fsp3) is 0.688. The summed E-state index contributed by atoms with van der Waals surface area (Å²) in [5, 5.41) is 0. The summed E-state index contributed by atoms with van der Waals surface area (Å²) in [4.78, 5) is 9.47. The van der Waals surface area contributed by atoms with Crippen LogP contribution in [0.4, 0.5) is 11.5 Å². The van der Waals surface area contributed by atoms with E-state index in [4.69, 9.17) is 4.74 Å².